The highest BCUT2D eigenvalue weighted by atomic mass is 32.2. The Hall–Kier alpha value is -1.94. The Kier molecular flexibility index (Phi) is 5.90. The Bertz CT molecular complexity index is 655. The summed E-state index contributed by atoms with van der Waals surface area (Å²) >= 11 is 1.55. The van der Waals surface area contributed by atoms with Gasteiger partial charge in [-0.05, 0) is 44.5 Å². The lowest BCUT2D eigenvalue weighted by Crippen LogP contribution is -2.15. The second kappa shape index (κ2) is 7.90. The molecule has 0 fully saturated rings. The molecule has 0 aliphatic carbocycles. The van der Waals surface area contributed by atoms with Crippen LogP contribution in [0.1, 0.15) is 18.1 Å². The summed E-state index contributed by atoms with van der Waals surface area (Å²) in [6, 6.07) is 13.8. The van der Waals surface area contributed by atoms with E-state index in [9.17, 15) is 4.79 Å². The fourth-order valence-electron chi connectivity index (χ4n) is 2.14. The fourth-order valence-corrected chi connectivity index (χ4v) is 2.95. The Morgan fingerprint density at radius 3 is 2.68 bits per heavy atom. The van der Waals surface area contributed by atoms with Crippen LogP contribution in [0.5, 0.6) is 5.75 Å². The molecule has 0 atom stereocenters. The molecular formula is C18H21NO2S. The Morgan fingerprint density at radius 1 is 1.18 bits per heavy atom. The first-order chi connectivity index (χ1) is 10.6. The first kappa shape index (κ1) is 16.4. The highest BCUT2D eigenvalue weighted by molar-refractivity contribution is 8.00. The van der Waals surface area contributed by atoms with E-state index in [1.165, 1.54) is 11.1 Å². The largest absolute Gasteiger partial charge is 0.492 e. The second-order valence-corrected chi connectivity index (χ2v) is 6.05. The van der Waals surface area contributed by atoms with Crippen LogP contribution in [-0.4, -0.2) is 18.3 Å². The standard InChI is InChI=1S/C18H21NO2S/c1-4-21-16-8-6-5-7-15(16)19-18(20)12-22-17-10-9-13(2)11-14(17)3/h5-11H,4,12H2,1-3H3,(H,19,20). The van der Waals surface area contributed by atoms with Crippen molar-refractivity contribution in [2.75, 3.05) is 17.7 Å². The van der Waals surface area contributed by atoms with Gasteiger partial charge in [-0.3, -0.25) is 4.79 Å². The van der Waals surface area contributed by atoms with Crippen molar-refractivity contribution in [2.24, 2.45) is 0 Å². The van der Waals surface area contributed by atoms with E-state index >= 15 is 0 Å². The molecule has 2 aromatic rings. The van der Waals surface area contributed by atoms with Crippen molar-refractivity contribution in [1.29, 1.82) is 0 Å². The highest BCUT2D eigenvalue weighted by Gasteiger charge is 2.08. The van der Waals surface area contributed by atoms with Crippen molar-refractivity contribution in [3.05, 3.63) is 53.6 Å². The first-order valence-corrected chi connectivity index (χ1v) is 8.30. The predicted octanol–water partition coefficient (Wildman–Crippen LogP) is 4.43. The molecule has 3 nitrogen and oxygen atoms in total. The molecule has 0 aliphatic heterocycles. The van der Waals surface area contributed by atoms with E-state index in [4.69, 9.17) is 4.74 Å². The lowest BCUT2D eigenvalue weighted by molar-refractivity contribution is -0.113. The van der Waals surface area contributed by atoms with Crippen LogP contribution in [0, 0.1) is 13.8 Å². The number of hydrogen-bond acceptors (Lipinski definition) is 3. The third-order valence-corrected chi connectivity index (χ3v) is 4.33. The van der Waals surface area contributed by atoms with Crippen molar-refractivity contribution in [3.63, 3.8) is 0 Å². The van der Waals surface area contributed by atoms with E-state index in [0.29, 0.717) is 18.1 Å². The molecule has 1 N–H and O–H groups in total. The number of amides is 1. The molecule has 0 radical (unpaired) electrons. The van der Waals surface area contributed by atoms with Gasteiger partial charge in [-0.2, -0.15) is 0 Å². The molecule has 0 bridgehead atoms. The average molecular weight is 315 g/mol. The van der Waals surface area contributed by atoms with Crippen molar-refractivity contribution < 1.29 is 9.53 Å². The van der Waals surface area contributed by atoms with E-state index in [0.717, 1.165) is 10.6 Å². The fraction of sp³-hybridized carbons (Fsp3) is 0.278. The number of carbonyl (C=O) groups is 1. The topological polar surface area (TPSA) is 38.3 Å². The molecule has 0 heterocycles. The monoisotopic (exact) mass is 315 g/mol. The third-order valence-electron chi connectivity index (χ3n) is 3.15. The molecule has 0 saturated heterocycles. The van der Waals surface area contributed by atoms with Gasteiger partial charge in [0.1, 0.15) is 5.75 Å². The van der Waals surface area contributed by atoms with E-state index in [1.54, 1.807) is 11.8 Å². The van der Waals surface area contributed by atoms with Crippen molar-refractivity contribution in [1.82, 2.24) is 0 Å². The minimum Gasteiger partial charge on any atom is -0.492 e. The lowest BCUT2D eigenvalue weighted by Gasteiger charge is -2.11. The highest BCUT2D eigenvalue weighted by Crippen LogP contribution is 2.26. The number of nitrogens with one attached hydrogen (secondary N) is 1. The molecule has 22 heavy (non-hydrogen) atoms. The van der Waals surface area contributed by atoms with Crippen LogP contribution in [0.4, 0.5) is 5.69 Å². The Labute approximate surface area is 136 Å². The van der Waals surface area contributed by atoms with Crippen LogP contribution in [0.2, 0.25) is 0 Å². The van der Waals surface area contributed by atoms with Crippen LogP contribution in [0.15, 0.2) is 47.4 Å². The number of carbonyl (C=O) groups excluding carboxylic acids is 1. The molecule has 2 rings (SSSR count). The van der Waals surface area contributed by atoms with E-state index in [2.05, 4.69) is 37.4 Å². The molecule has 4 heteroatoms. The molecule has 2 aromatic carbocycles. The Morgan fingerprint density at radius 2 is 1.95 bits per heavy atom. The van der Waals surface area contributed by atoms with Crippen molar-refractivity contribution >= 4 is 23.4 Å². The number of ether oxygens (including phenoxy) is 1. The number of para-hydroxylation sites is 2. The van der Waals surface area contributed by atoms with Gasteiger partial charge in [0.15, 0.2) is 0 Å². The number of benzene rings is 2. The molecule has 1 amide bonds. The van der Waals surface area contributed by atoms with Gasteiger partial charge in [0, 0.05) is 4.90 Å². The molecule has 0 spiro atoms. The summed E-state index contributed by atoms with van der Waals surface area (Å²) in [6.45, 7) is 6.63. The average Bonchev–Trinajstić information content (AvgIpc) is 2.48. The number of hydrogen-bond donors (Lipinski definition) is 1. The predicted molar refractivity (Wildman–Crippen MR) is 92.9 cm³/mol. The molecule has 0 aromatic heterocycles. The van der Waals surface area contributed by atoms with Crippen LogP contribution < -0.4 is 10.1 Å². The maximum atomic E-state index is 12.1. The van der Waals surface area contributed by atoms with Crippen LogP contribution in [0.25, 0.3) is 0 Å². The van der Waals surface area contributed by atoms with Gasteiger partial charge < -0.3 is 10.1 Å². The zero-order chi connectivity index (χ0) is 15.9. The summed E-state index contributed by atoms with van der Waals surface area (Å²) < 4.78 is 5.51. The number of anilines is 1. The molecule has 0 unspecified atom stereocenters. The number of aryl methyl sites for hydroxylation is 2. The summed E-state index contributed by atoms with van der Waals surface area (Å²) in [4.78, 5) is 13.3. The van der Waals surface area contributed by atoms with Crippen LogP contribution >= 0.6 is 11.8 Å². The van der Waals surface area contributed by atoms with Gasteiger partial charge in [0.25, 0.3) is 0 Å². The van der Waals surface area contributed by atoms with Crippen LogP contribution in [0.3, 0.4) is 0 Å². The lowest BCUT2D eigenvalue weighted by atomic mass is 10.2. The van der Waals surface area contributed by atoms with Gasteiger partial charge in [-0.15, -0.1) is 11.8 Å². The van der Waals surface area contributed by atoms with Gasteiger partial charge >= 0.3 is 0 Å². The minimum absolute atomic E-state index is 0.0304. The van der Waals surface area contributed by atoms with Gasteiger partial charge in [-0.1, -0.05) is 29.8 Å². The van der Waals surface area contributed by atoms with Crippen molar-refractivity contribution in [3.8, 4) is 5.75 Å². The summed E-state index contributed by atoms with van der Waals surface area (Å²) in [5.74, 6) is 1.05. The summed E-state index contributed by atoms with van der Waals surface area (Å²) in [5.41, 5.74) is 3.15. The zero-order valence-electron chi connectivity index (χ0n) is 13.2. The maximum Gasteiger partial charge on any atom is 0.234 e. The zero-order valence-corrected chi connectivity index (χ0v) is 14.0. The third kappa shape index (κ3) is 4.53. The summed E-state index contributed by atoms with van der Waals surface area (Å²) in [6.07, 6.45) is 0. The smallest absolute Gasteiger partial charge is 0.234 e. The van der Waals surface area contributed by atoms with E-state index in [1.807, 2.05) is 31.2 Å². The van der Waals surface area contributed by atoms with Crippen LogP contribution in [-0.2, 0) is 4.79 Å². The van der Waals surface area contributed by atoms with E-state index in [-0.39, 0.29) is 5.91 Å². The maximum absolute atomic E-state index is 12.1. The SMILES string of the molecule is CCOc1ccccc1NC(=O)CSc1ccc(C)cc1C. The molecule has 116 valence electrons. The Balaban J connectivity index is 1.96. The van der Waals surface area contributed by atoms with Gasteiger partial charge in [0.05, 0.1) is 18.0 Å². The summed E-state index contributed by atoms with van der Waals surface area (Å²) in [7, 11) is 0. The quantitative estimate of drug-likeness (QED) is 0.801. The number of rotatable bonds is 6. The minimum atomic E-state index is -0.0304. The normalized spacial score (nSPS) is 10.3. The van der Waals surface area contributed by atoms with Crippen molar-refractivity contribution in [2.45, 2.75) is 25.7 Å². The molecule has 0 saturated carbocycles. The summed E-state index contributed by atoms with van der Waals surface area (Å²) in [5, 5.41) is 2.91. The second-order valence-electron chi connectivity index (χ2n) is 5.03. The molecule has 0 aliphatic rings. The van der Waals surface area contributed by atoms with E-state index < -0.39 is 0 Å². The number of thioether (sulfide) groups is 1. The first-order valence-electron chi connectivity index (χ1n) is 7.32. The molecular weight excluding hydrogens is 294 g/mol. The van der Waals surface area contributed by atoms with Gasteiger partial charge in [-0.25, -0.2) is 0 Å². The van der Waals surface area contributed by atoms with Gasteiger partial charge in [0.2, 0.25) is 5.91 Å².